The minimum absolute atomic E-state index is 0.107. The maximum atomic E-state index is 13.1. The summed E-state index contributed by atoms with van der Waals surface area (Å²) in [5.74, 6) is -1.32. The van der Waals surface area contributed by atoms with Gasteiger partial charge in [0.2, 0.25) is 0 Å². The van der Waals surface area contributed by atoms with E-state index in [4.69, 9.17) is 37.0 Å². The maximum absolute atomic E-state index is 13.1. The Labute approximate surface area is 581 Å². The number of aliphatic hydroxyl groups excluding tert-OH is 1. The number of hydrogen-bond acceptors (Lipinski definition) is 15. The monoisotopic (exact) mass is 1400 g/mol. The molecule has 95 heavy (non-hydrogen) atoms. The Morgan fingerprint density at radius 3 is 0.716 bits per heavy atom. The van der Waals surface area contributed by atoms with Gasteiger partial charge in [0.05, 0.1) is 26.4 Å². The third-order valence-electron chi connectivity index (χ3n) is 17.8. The lowest BCUT2D eigenvalue weighted by Crippen LogP contribution is -2.30. The molecule has 0 fully saturated rings. The van der Waals surface area contributed by atoms with Gasteiger partial charge in [-0.15, -0.1) is 0 Å². The van der Waals surface area contributed by atoms with E-state index < -0.39 is 97.5 Å². The average molecular weight is 1400 g/mol. The summed E-state index contributed by atoms with van der Waals surface area (Å²) in [4.78, 5) is 72.7. The van der Waals surface area contributed by atoms with Crippen molar-refractivity contribution in [3.05, 3.63) is 0 Å². The van der Waals surface area contributed by atoms with Crippen LogP contribution in [0.25, 0.3) is 0 Å². The van der Waals surface area contributed by atoms with Gasteiger partial charge in [-0.2, -0.15) is 0 Å². The summed E-state index contributed by atoms with van der Waals surface area (Å²) < 4.78 is 68.5. The Hall–Kier alpha value is -1.94. The highest BCUT2D eigenvalue weighted by molar-refractivity contribution is 7.47. The number of rotatable bonds is 76. The second kappa shape index (κ2) is 69.2. The quantitative estimate of drug-likeness (QED) is 0.0222. The van der Waals surface area contributed by atoms with E-state index in [1.807, 2.05) is 0 Å². The molecule has 0 saturated carbocycles. The number of phosphoric acid groups is 2. The second-order valence-corrected chi connectivity index (χ2v) is 30.8. The third-order valence-corrected chi connectivity index (χ3v) is 19.7. The lowest BCUT2D eigenvalue weighted by atomic mass is 10.0. The van der Waals surface area contributed by atoms with Crippen molar-refractivity contribution in [2.45, 2.75) is 419 Å². The smallest absolute Gasteiger partial charge is 0.462 e. The number of carbonyl (C=O) groups is 4. The van der Waals surface area contributed by atoms with Gasteiger partial charge in [0, 0.05) is 25.7 Å². The first-order chi connectivity index (χ1) is 46.0. The van der Waals surface area contributed by atoms with Gasteiger partial charge in [-0.25, -0.2) is 9.13 Å². The second-order valence-electron chi connectivity index (χ2n) is 27.9. The Morgan fingerprint density at radius 1 is 0.284 bits per heavy atom. The summed E-state index contributed by atoms with van der Waals surface area (Å²) in [5.41, 5.74) is 0. The highest BCUT2D eigenvalue weighted by Gasteiger charge is 2.30. The Bertz CT molecular complexity index is 1820. The number of unbranched alkanes of at least 4 members (excludes halogenated alkanes) is 48. The molecule has 0 aliphatic rings. The summed E-state index contributed by atoms with van der Waals surface area (Å²) >= 11 is 0. The largest absolute Gasteiger partial charge is 0.472 e. The molecule has 0 bridgehead atoms. The fourth-order valence-electron chi connectivity index (χ4n) is 11.7. The zero-order chi connectivity index (χ0) is 69.8. The highest BCUT2D eigenvalue weighted by atomic mass is 31.2. The molecule has 564 valence electrons. The maximum Gasteiger partial charge on any atom is 0.472 e. The van der Waals surface area contributed by atoms with E-state index in [0.717, 1.165) is 95.8 Å². The van der Waals surface area contributed by atoms with Crippen LogP contribution >= 0.6 is 15.6 Å². The molecule has 0 radical (unpaired) electrons. The van der Waals surface area contributed by atoms with Crippen LogP contribution in [-0.2, 0) is 65.4 Å². The van der Waals surface area contributed by atoms with Crippen LogP contribution in [-0.4, -0.2) is 96.7 Å². The lowest BCUT2D eigenvalue weighted by Gasteiger charge is -2.21. The number of ether oxygens (including phenoxy) is 4. The zero-order valence-electron chi connectivity index (χ0n) is 61.8. The lowest BCUT2D eigenvalue weighted by molar-refractivity contribution is -0.161. The van der Waals surface area contributed by atoms with Crippen molar-refractivity contribution < 1.29 is 80.2 Å². The van der Waals surface area contributed by atoms with Crippen LogP contribution in [0.2, 0.25) is 0 Å². The van der Waals surface area contributed by atoms with Crippen LogP contribution in [0.5, 0.6) is 0 Å². The summed E-state index contributed by atoms with van der Waals surface area (Å²) in [6, 6.07) is 0. The van der Waals surface area contributed by atoms with E-state index >= 15 is 0 Å². The van der Waals surface area contributed by atoms with Crippen molar-refractivity contribution >= 4 is 39.5 Å². The van der Waals surface area contributed by atoms with Crippen LogP contribution < -0.4 is 0 Å². The predicted molar refractivity (Wildman–Crippen MR) is 386 cm³/mol. The Balaban J connectivity index is 5.21. The first kappa shape index (κ1) is 93.1. The summed E-state index contributed by atoms with van der Waals surface area (Å²) in [5, 5.41) is 10.6. The van der Waals surface area contributed by atoms with Gasteiger partial charge in [-0.1, -0.05) is 349 Å². The van der Waals surface area contributed by atoms with E-state index in [-0.39, 0.29) is 25.7 Å². The Morgan fingerprint density at radius 2 is 0.484 bits per heavy atom. The molecular weight excluding hydrogens is 1250 g/mol. The molecule has 0 amide bonds. The zero-order valence-corrected chi connectivity index (χ0v) is 63.6. The van der Waals surface area contributed by atoms with Gasteiger partial charge in [-0.05, 0) is 31.6 Å². The molecule has 0 aromatic carbocycles. The molecule has 0 rings (SSSR count). The summed E-state index contributed by atoms with van der Waals surface area (Å²) in [6.45, 7) is 7.29. The Kier molecular flexibility index (Phi) is 67.7. The topological polar surface area (TPSA) is 237 Å². The van der Waals surface area contributed by atoms with Crippen molar-refractivity contribution in [3.8, 4) is 0 Å². The standard InChI is InChI=1S/C76H148O17P2/c1-6-9-12-15-18-21-24-25-26-27-28-29-30-33-37-42-47-52-57-62-76(81)93-72(66-87-74(79)60-55-50-45-41-36-34-31-32-35-38-43-48-53-58-69(4)5)68-91-95(84,85)89-64-70(77)63-88-94(82,83)90-67-71(92-75(80)61-56-51-46-40-23-20-17-14-11-8-3)65-86-73(78)59-54-49-44-39-22-19-16-13-10-7-2/h69-72,77H,6-68H2,1-5H3,(H,82,83)(H,84,85)/t70-,71+,72+/m0/s1. The minimum atomic E-state index is -4.96. The van der Waals surface area contributed by atoms with Gasteiger partial charge < -0.3 is 33.8 Å². The molecule has 5 atom stereocenters. The fraction of sp³-hybridized carbons (Fsp3) is 0.947. The van der Waals surface area contributed by atoms with E-state index in [9.17, 15) is 43.2 Å². The molecule has 0 aliphatic carbocycles. The van der Waals surface area contributed by atoms with E-state index in [0.29, 0.717) is 25.7 Å². The van der Waals surface area contributed by atoms with Crippen molar-refractivity contribution in [3.63, 3.8) is 0 Å². The van der Waals surface area contributed by atoms with Crippen LogP contribution in [0.3, 0.4) is 0 Å². The normalized spacial score (nSPS) is 13.9. The summed E-state index contributed by atoms with van der Waals surface area (Å²) in [6.07, 6.45) is 58.2. The van der Waals surface area contributed by atoms with Crippen molar-refractivity contribution in [2.24, 2.45) is 5.92 Å². The van der Waals surface area contributed by atoms with E-state index in [1.165, 1.54) is 225 Å². The average Bonchev–Trinajstić information content (AvgIpc) is 1.98. The molecule has 2 unspecified atom stereocenters. The molecule has 17 nitrogen and oxygen atoms in total. The first-order valence-corrected chi connectivity index (χ1v) is 42.6. The van der Waals surface area contributed by atoms with Gasteiger partial charge in [-0.3, -0.25) is 37.3 Å². The molecular formula is C76H148O17P2. The van der Waals surface area contributed by atoms with Crippen LogP contribution in [0.4, 0.5) is 0 Å². The molecule has 0 aromatic heterocycles. The molecule has 0 aromatic rings. The van der Waals surface area contributed by atoms with Gasteiger partial charge in [0.25, 0.3) is 0 Å². The first-order valence-electron chi connectivity index (χ1n) is 39.6. The number of hydrogen-bond donors (Lipinski definition) is 3. The minimum Gasteiger partial charge on any atom is -0.462 e. The van der Waals surface area contributed by atoms with E-state index in [1.54, 1.807) is 0 Å². The summed E-state index contributed by atoms with van der Waals surface area (Å²) in [7, 11) is -9.91. The molecule has 0 heterocycles. The number of esters is 4. The number of carbonyl (C=O) groups excluding carboxylic acids is 4. The third kappa shape index (κ3) is 70.3. The van der Waals surface area contributed by atoms with Crippen LogP contribution in [0.15, 0.2) is 0 Å². The SMILES string of the molecule is CCCCCCCCCCCCCCCCCCCCCC(=O)O[C@H](COC(=O)CCCCCCCCCCCCCCCC(C)C)COP(=O)(O)OC[C@@H](O)COP(=O)(O)OC[C@@H](COC(=O)CCCCCCCCCCCC)OC(=O)CCCCCCCCCCCC. The number of phosphoric ester groups is 2. The molecule has 0 saturated heterocycles. The van der Waals surface area contributed by atoms with E-state index in [2.05, 4.69) is 34.6 Å². The molecule has 19 heteroatoms. The fourth-order valence-corrected chi connectivity index (χ4v) is 13.3. The number of aliphatic hydroxyl groups is 1. The molecule has 0 aliphatic heterocycles. The molecule has 3 N–H and O–H groups in total. The van der Waals surface area contributed by atoms with Gasteiger partial charge >= 0.3 is 39.5 Å². The van der Waals surface area contributed by atoms with Crippen LogP contribution in [0.1, 0.15) is 401 Å². The van der Waals surface area contributed by atoms with Gasteiger partial charge in [0.1, 0.15) is 19.3 Å². The van der Waals surface area contributed by atoms with Gasteiger partial charge in [0.15, 0.2) is 12.2 Å². The predicted octanol–water partition coefficient (Wildman–Crippen LogP) is 22.5. The van der Waals surface area contributed by atoms with Crippen LogP contribution in [0, 0.1) is 5.92 Å². The van der Waals surface area contributed by atoms with Crippen molar-refractivity contribution in [2.75, 3.05) is 39.6 Å². The van der Waals surface area contributed by atoms with Crippen molar-refractivity contribution in [1.29, 1.82) is 0 Å². The molecule has 0 spiro atoms. The highest BCUT2D eigenvalue weighted by Crippen LogP contribution is 2.45. The van der Waals surface area contributed by atoms with Crippen molar-refractivity contribution in [1.82, 2.24) is 0 Å².